The number of carboxylic acids is 1. The van der Waals surface area contributed by atoms with Crippen molar-refractivity contribution in [2.75, 3.05) is 20.1 Å². The van der Waals surface area contributed by atoms with Gasteiger partial charge in [0.25, 0.3) is 0 Å². The minimum absolute atomic E-state index is 0.00833. The Balaban J connectivity index is 2.12. The summed E-state index contributed by atoms with van der Waals surface area (Å²) in [6.07, 6.45) is 8.10. The van der Waals surface area contributed by atoms with E-state index in [0.29, 0.717) is 24.8 Å². The lowest BCUT2D eigenvalue weighted by Crippen LogP contribution is -2.40. The molecule has 21 heavy (non-hydrogen) atoms. The van der Waals surface area contributed by atoms with Crippen LogP contribution in [-0.2, 0) is 4.79 Å². The minimum atomic E-state index is -0.752. The molecule has 0 aromatic rings. The molecule has 1 atom stereocenters. The van der Waals surface area contributed by atoms with Gasteiger partial charge in [0.15, 0.2) is 0 Å². The number of aliphatic carboxylic acids is 1. The highest BCUT2D eigenvalue weighted by Gasteiger charge is 2.18. The quantitative estimate of drug-likeness (QED) is 0.723. The lowest BCUT2D eigenvalue weighted by atomic mass is 9.89. The van der Waals surface area contributed by atoms with Crippen LogP contribution in [0.2, 0.25) is 0 Å². The van der Waals surface area contributed by atoms with Gasteiger partial charge >= 0.3 is 12.0 Å². The third kappa shape index (κ3) is 7.93. The molecule has 1 aliphatic rings. The van der Waals surface area contributed by atoms with E-state index in [1.807, 2.05) is 14.0 Å². The number of carboxylic acid groups (broad SMARTS) is 1. The zero-order valence-corrected chi connectivity index (χ0v) is 13.4. The fourth-order valence-corrected chi connectivity index (χ4v) is 2.91. The number of hydrogen-bond donors (Lipinski definition) is 2. The average molecular weight is 298 g/mol. The largest absolute Gasteiger partial charge is 0.481 e. The number of urea groups is 1. The van der Waals surface area contributed by atoms with Gasteiger partial charge in [-0.3, -0.25) is 4.79 Å². The summed E-state index contributed by atoms with van der Waals surface area (Å²) in [5, 5.41) is 11.6. The molecular formula is C16H30N2O3. The number of carbonyl (C=O) groups excluding carboxylic acids is 1. The maximum atomic E-state index is 12.0. The van der Waals surface area contributed by atoms with E-state index < -0.39 is 5.97 Å². The van der Waals surface area contributed by atoms with E-state index in [2.05, 4.69) is 5.32 Å². The highest BCUT2D eigenvalue weighted by molar-refractivity contribution is 5.73. The van der Waals surface area contributed by atoms with Crippen molar-refractivity contribution >= 4 is 12.0 Å². The van der Waals surface area contributed by atoms with Crippen LogP contribution in [0.15, 0.2) is 0 Å². The Hall–Kier alpha value is -1.26. The Morgan fingerprint density at radius 2 is 1.90 bits per heavy atom. The first-order chi connectivity index (χ1) is 9.99. The third-order valence-electron chi connectivity index (χ3n) is 4.37. The van der Waals surface area contributed by atoms with Crippen molar-refractivity contribution in [2.45, 2.75) is 58.3 Å². The molecule has 122 valence electrons. The second kappa shape index (κ2) is 9.64. The maximum Gasteiger partial charge on any atom is 0.317 e. The average Bonchev–Trinajstić information content (AvgIpc) is 2.46. The van der Waals surface area contributed by atoms with Gasteiger partial charge in [0.2, 0.25) is 0 Å². The summed E-state index contributed by atoms with van der Waals surface area (Å²) in [6, 6.07) is -0.00833. The highest BCUT2D eigenvalue weighted by Crippen LogP contribution is 2.24. The Kier molecular flexibility index (Phi) is 8.16. The predicted molar refractivity (Wildman–Crippen MR) is 83.3 cm³/mol. The summed E-state index contributed by atoms with van der Waals surface area (Å²) >= 11 is 0. The summed E-state index contributed by atoms with van der Waals surface area (Å²) < 4.78 is 0. The van der Waals surface area contributed by atoms with Crippen molar-refractivity contribution in [3.63, 3.8) is 0 Å². The molecule has 0 saturated heterocycles. The molecule has 1 fully saturated rings. The van der Waals surface area contributed by atoms with Gasteiger partial charge in [0, 0.05) is 26.6 Å². The Labute approximate surface area is 128 Å². The van der Waals surface area contributed by atoms with Crippen molar-refractivity contribution in [1.82, 2.24) is 10.2 Å². The van der Waals surface area contributed by atoms with E-state index >= 15 is 0 Å². The summed E-state index contributed by atoms with van der Waals surface area (Å²) in [6.45, 7) is 3.50. The van der Waals surface area contributed by atoms with Crippen LogP contribution in [0.5, 0.6) is 0 Å². The minimum Gasteiger partial charge on any atom is -0.481 e. The van der Waals surface area contributed by atoms with Gasteiger partial charge in [-0.05, 0) is 37.5 Å². The standard InChI is InChI=1S/C16H30N2O3/c1-13(8-9-15(19)20)10-11-17-16(21)18(2)12-14-6-4-3-5-7-14/h13-14H,3-12H2,1-2H3,(H,17,21)(H,19,20). The van der Waals surface area contributed by atoms with Crippen LogP contribution in [0.25, 0.3) is 0 Å². The fraction of sp³-hybridized carbons (Fsp3) is 0.875. The molecule has 2 amide bonds. The molecule has 1 rings (SSSR count). The lowest BCUT2D eigenvalue weighted by Gasteiger charge is -2.27. The van der Waals surface area contributed by atoms with Gasteiger partial charge < -0.3 is 15.3 Å². The van der Waals surface area contributed by atoms with E-state index in [1.54, 1.807) is 4.90 Å². The molecule has 0 aromatic heterocycles. The molecule has 0 aromatic carbocycles. The van der Waals surface area contributed by atoms with Crippen LogP contribution < -0.4 is 5.32 Å². The Bertz CT molecular complexity index is 327. The summed E-state index contributed by atoms with van der Waals surface area (Å²) in [7, 11) is 1.86. The summed E-state index contributed by atoms with van der Waals surface area (Å²) in [5.41, 5.74) is 0. The maximum absolute atomic E-state index is 12.0. The van der Waals surface area contributed by atoms with Crippen LogP contribution in [0.1, 0.15) is 58.3 Å². The number of nitrogens with zero attached hydrogens (tertiary/aromatic N) is 1. The topological polar surface area (TPSA) is 69.6 Å². The number of amides is 2. The smallest absolute Gasteiger partial charge is 0.317 e. The van der Waals surface area contributed by atoms with Crippen LogP contribution in [0.4, 0.5) is 4.79 Å². The van der Waals surface area contributed by atoms with E-state index in [9.17, 15) is 9.59 Å². The first kappa shape index (κ1) is 17.8. The first-order valence-electron chi connectivity index (χ1n) is 8.19. The highest BCUT2D eigenvalue weighted by atomic mass is 16.4. The van der Waals surface area contributed by atoms with Gasteiger partial charge in [-0.2, -0.15) is 0 Å². The van der Waals surface area contributed by atoms with Crippen molar-refractivity contribution in [1.29, 1.82) is 0 Å². The van der Waals surface area contributed by atoms with Crippen molar-refractivity contribution in [3.05, 3.63) is 0 Å². The van der Waals surface area contributed by atoms with Crippen LogP contribution in [0.3, 0.4) is 0 Å². The van der Waals surface area contributed by atoms with Gasteiger partial charge in [-0.25, -0.2) is 4.79 Å². The number of nitrogens with one attached hydrogen (secondary N) is 1. The molecular weight excluding hydrogens is 268 g/mol. The number of carbonyl (C=O) groups is 2. The number of hydrogen-bond acceptors (Lipinski definition) is 2. The van der Waals surface area contributed by atoms with Crippen LogP contribution in [0, 0.1) is 11.8 Å². The number of rotatable bonds is 8. The molecule has 0 heterocycles. The summed E-state index contributed by atoms with van der Waals surface area (Å²) in [4.78, 5) is 24.3. The van der Waals surface area contributed by atoms with Crippen molar-refractivity contribution < 1.29 is 14.7 Å². The lowest BCUT2D eigenvalue weighted by molar-refractivity contribution is -0.137. The monoisotopic (exact) mass is 298 g/mol. The van der Waals surface area contributed by atoms with Gasteiger partial charge in [0.05, 0.1) is 0 Å². The van der Waals surface area contributed by atoms with E-state index in [-0.39, 0.29) is 12.5 Å². The SMILES string of the molecule is CC(CCNC(=O)N(C)CC1CCCCC1)CCC(=O)O. The zero-order valence-electron chi connectivity index (χ0n) is 13.4. The van der Waals surface area contributed by atoms with E-state index in [4.69, 9.17) is 5.11 Å². The molecule has 5 nitrogen and oxygen atoms in total. The predicted octanol–water partition coefficient (Wildman–Crippen LogP) is 3.10. The molecule has 1 aliphatic carbocycles. The molecule has 2 N–H and O–H groups in total. The Morgan fingerprint density at radius 3 is 2.52 bits per heavy atom. The van der Waals surface area contributed by atoms with E-state index in [0.717, 1.165) is 13.0 Å². The normalized spacial score (nSPS) is 17.2. The molecule has 1 unspecified atom stereocenters. The fourth-order valence-electron chi connectivity index (χ4n) is 2.91. The van der Waals surface area contributed by atoms with Crippen molar-refractivity contribution in [2.24, 2.45) is 11.8 Å². The van der Waals surface area contributed by atoms with Gasteiger partial charge in [-0.15, -0.1) is 0 Å². The second-order valence-corrected chi connectivity index (χ2v) is 6.44. The molecule has 0 radical (unpaired) electrons. The molecule has 0 bridgehead atoms. The van der Waals surface area contributed by atoms with Crippen LogP contribution in [-0.4, -0.2) is 42.1 Å². The van der Waals surface area contributed by atoms with Crippen molar-refractivity contribution in [3.8, 4) is 0 Å². The van der Waals surface area contributed by atoms with Gasteiger partial charge in [-0.1, -0.05) is 26.2 Å². The molecule has 0 spiro atoms. The molecule has 5 heteroatoms. The Morgan fingerprint density at radius 1 is 1.24 bits per heavy atom. The zero-order chi connectivity index (χ0) is 15.7. The van der Waals surface area contributed by atoms with Gasteiger partial charge in [0.1, 0.15) is 0 Å². The first-order valence-corrected chi connectivity index (χ1v) is 8.19. The third-order valence-corrected chi connectivity index (χ3v) is 4.37. The van der Waals surface area contributed by atoms with Crippen LogP contribution >= 0.6 is 0 Å². The summed E-state index contributed by atoms with van der Waals surface area (Å²) in [5.74, 6) is 0.229. The molecule has 1 saturated carbocycles. The van der Waals surface area contributed by atoms with E-state index in [1.165, 1.54) is 32.1 Å². The molecule has 0 aliphatic heterocycles. The second-order valence-electron chi connectivity index (χ2n) is 6.44.